The van der Waals surface area contributed by atoms with E-state index in [2.05, 4.69) is 15.5 Å². The summed E-state index contributed by atoms with van der Waals surface area (Å²) in [5.74, 6) is -0.427. The molecular formula is C20H21N3O5S. The van der Waals surface area contributed by atoms with Crippen LogP contribution in [0, 0.1) is 18.8 Å². The molecule has 1 fully saturated rings. The summed E-state index contributed by atoms with van der Waals surface area (Å²) < 4.78 is 11.0. The standard InChI is InChI=1S/C20H21N3O5S/c1-9-21-18(28-23-9)16-12-6-7-27-8-13(12)29-19(16)22-17(24)14-10-2-4-11(5-3-10)15(14)20(25)26/h10-11H,2-8H2,1H3,(H,22,24)(H,25,26). The van der Waals surface area contributed by atoms with Crippen LogP contribution in [0.2, 0.25) is 0 Å². The Morgan fingerprint density at radius 3 is 2.55 bits per heavy atom. The molecule has 2 N–H and O–H groups in total. The highest BCUT2D eigenvalue weighted by atomic mass is 32.1. The van der Waals surface area contributed by atoms with E-state index in [-0.39, 0.29) is 17.7 Å². The zero-order chi connectivity index (χ0) is 20.1. The third kappa shape index (κ3) is 3.08. The van der Waals surface area contributed by atoms with E-state index < -0.39 is 5.97 Å². The van der Waals surface area contributed by atoms with Crippen molar-refractivity contribution in [3.05, 3.63) is 27.4 Å². The molecule has 0 saturated heterocycles. The normalized spacial score (nSPS) is 23.2. The Morgan fingerprint density at radius 2 is 1.90 bits per heavy atom. The van der Waals surface area contributed by atoms with Gasteiger partial charge in [0.1, 0.15) is 5.00 Å². The zero-order valence-corrected chi connectivity index (χ0v) is 16.8. The topological polar surface area (TPSA) is 115 Å². The Balaban J connectivity index is 1.55. The molecule has 152 valence electrons. The third-order valence-corrected chi connectivity index (χ3v) is 7.22. The number of aromatic nitrogens is 2. The number of hydrogen-bond donors (Lipinski definition) is 2. The maximum Gasteiger partial charge on any atom is 0.332 e. The first kappa shape index (κ1) is 18.5. The summed E-state index contributed by atoms with van der Waals surface area (Å²) in [4.78, 5) is 30.5. The van der Waals surface area contributed by atoms with Crippen LogP contribution in [0.5, 0.6) is 0 Å². The van der Waals surface area contributed by atoms with Crippen molar-refractivity contribution in [2.24, 2.45) is 11.8 Å². The van der Waals surface area contributed by atoms with Crippen molar-refractivity contribution in [1.29, 1.82) is 0 Å². The average molecular weight is 415 g/mol. The highest BCUT2D eigenvalue weighted by Crippen LogP contribution is 2.47. The lowest BCUT2D eigenvalue weighted by Crippen LogP contribution is -2.35. The molecule has 1 aliphatic heterocycles. The highest BCUT2D eigenvalue weighted by Gasteiger charge is 2.41. The van der Waals surface area contributed by atoms with Crippen LogP contribution in [0.3, 0.4) is 0 Å². The minimum atomic E-state index is -0.976. The van der Waals surface area contributed by atoms with Gasteiger partial charge in [0.15, 0.2) is 5.82 Å². The number of nitrogens with one attached hydrogen (secondary N) is 1. The number of aryl methyl sites for hydroxylation is 1. The second-order valence-electron chi connectivity index (χ2n) is 7.79. The fraction of sp³-hybridized carbons (Fsp3) is 0.500. The first-order valence-corrected chi connectivity index (χ1v) is 10.7. The van der Waals surface area contributed by atoms with Crippen LogP contribution in [0.4, 0.5) is 5.00 Å². The predicted octanol–water partition coefficient (Wildman–Crippen LogP) is 3.32. The van der Waals surface area contributed by atoms with E-state index in [1.165, 1.54) is 11.3 Å². The molecule has 29 heavy (non-hydrogen) atoms. The fourth-order valence-electron chi connectivity index (χ4n) is 4.82. The number of hydrogen-bond acceptors (Lipinski definition) is 7. The van der Waals surface area contributed by atoms with Gasteiger partial charge in [-0.2, -0.15) is 4.98 Å². The Kier molecular flexibility index (Phi) is 4.51. The smallest absolute Gasteiger partial charge is 0.332 e. The summed E-state index contributed by atoms with van der Waals surface area (Å²) in [6.45, 7) is 2.81. The van der Waals surface area contributed by atoms with Crippen molar-refractivity contribution in [1.82, 2.24) is 10.1 Å². The number of carbonyl (C=O) groups excluding carboxylic acids is 1. The molecule has 2 aromatic rings. The van der Waals surface area contributed by atoms with Crippen LogP contribution >= 0.6 is 11.3 Å². The van der Waals surface area contributed by atoms with Crippen molar-refractivity contribution >= 4 is 28.2 Å². The number of thiophene rings is 1. The maximum absolute atomic E-state index is 13.3. The van der Waals surface area contributed by atoms with Crippen LogP contribution in [-0.2, 0) is 27.4 Å². The van der Waals surface area contributed by atoms with Crippen molar-refractivity contribution in [2.45, 2.75) is 45.6 Å². The molecule has 1 saturated carbocycles. The lowest BCUT2D eigenvalue weighted by atomic mass is 9.66. The van der Waals surface area contributed by atoms with Crippen molar-refractivity contribution in [3.8, 4) is 11.5 Å². The van der Waals surface area contributed by atoms with Crippen LogP contribution in [-0.4, -0.2) is 33.7 Å². The summed E-state index contributed by atoms with van der Waals surface area (Å²) in [5, 5.41) is 17.2. The molecule has 6 rings (SSSR count). The Labute approximate surface area is 170 Å². The van der Waals surface area contributed by atoms with Gasteiger partial charge in [0.2, 0.25) is 0 Å². The van der Waals surface area contributed by atoms with Crippen molar-refractivity contribution < 1.29 is 24.0 Å². The van der Waals surface area contributed by atoms with E-state index in [1.807, 2.05) is 0 Å². The van der Waals surface area contributed by atoms with Gasteiger partial charge in [0.25, 0.3) is 11.8 Å². The minimum absolute atomic E-state index is 0.0121. The fourth-order valence-corrected chi connectivity index (χ4v) is 6.00. The monoisotopic (exact) mass is 415 g/mol. The molecule has 9 heteroatoms. The number of carboxylic acids is 1. The first-order valence-electron chi connectivity index (χ1n) is 9.84. The van der Waals surface area contributed by atoms with Gasteiger partial charge in [-0.3, -0.25) is 4.79 Å². The Hall–Kier alpha value is -2.52. The molecule has 8 nitrogen and oxygen atoms in total. The molecule has 1 amide bonds. The number of aliphatic carboxylic acids is 1. The SMILES string of the molecule is Cc1noc(-c2c(NC(=O)C3=C(C(=O)O)C4CCC3CC4)sc3c2CCOC3)n1. The number of nitrogens with zero attached hydrogens (tertiary/aromatic N) is 2. The molecule has 0 spiro atoms. The van der Waals surface area contributed by atoms with E-state index in [4.69, 9.17) is 9.26 Å². The summed E-state index contributed by atoms with van der Waals surface area (Å²) in [6.07, 6.45) is 4.13. The van der Waals surface area contributed by atoms with Crippen LogP contribution in [0.1, 0.15) is 41.9 Å². The number of fused-ring (bicyclic) bond motifs is 3. The van der Waals surface area contributed by atoms with Gasteiger partial charge >= 0.3 is 5.97 Å². The number of anilines is 1. The Morgan fingerprint density at radius 1 is 1.17 bits per heavy atom. The zero-order valence-electron chi connectivity index (χ0n) is 16.0. The molecule has 3 aliphatic carbocycles. The van der Waals surface area contributed by atoms with E-state index in [9.17, 15) is 14.7 Å². The Bertz CT molecular complexity index is 1030. The maximum atomic E-state index is 13.3. The molecule has 0 aromatic carbocycles. The number of carboxylic acid groups (broad SMARTS) is 1. The lowest BCUT2D eigenvalue weighted by Gasteiger charge is -2.37. The minimum Gasteiger partial charge on any atom is -0.478 e. The molecule has 0 radical (unpaired) electrons. The van der Waals surface area contributed by atoms with Crippen LogP contribution in [0.25, 0.3) is 11.5 Å². The molecule has 4 aliphatic rings. The lowest BCUT2D eigenvalue weighted by molar-refractivity contribution is -0.134. The van der Waals surface area contributed by atoms with Gasteiger partial charge in [0.05, 0.1) is 18.8 Å². The molecule has 3 heterocycles. The third-order valence-electron chi connectivity index (χ3n) is 6.10. The van der Waals surface area contributed by atoms with Gasteiger partial charge < -0.3 is 19.7 Å². The summed E-state index contributed by atoms with van der Waals surface area (Å²) in [6, 6.07) is 0. The largest absolute Gasteiger partial charge is 0.478 e. The summed E-state index contributed by atoms with van der Waals surface area (Å²) in [5.41, 5.74) is 2.53. The highest BCUT2D eigenvalue weighted by molar-refractivity contribution is 7.17. The number of carbonyl (C=O) groups is 2. The van der Waals surface area contributed by atoms with E-state index >= 15 is 0 Å². The molecule has 2 aromatic heterocycles. The molecular weight excluding hydrogens is 394 g/mol. The van der Waals surface area contributed by atoms with Gasteiger partial charge in [-0.25, -0.2) is 4.79 Å². The predicted molar refractivity (Wildman–Crippen MR) is 104 cm³/mol. The average Bonchev–Trinajstić information content (AvgIpc) is 3.30. The number of amides is 1. The molecule has 2 bridgehead atoms. The number of rotatable bonds is 4. The second kappa shape index (κ2) is 7.07. The van der Waals surface area contributed by atoms with Crippen molar-refractivity contribution in [3.63, 3.8) is 0 Å². The first-order chi connectivity index (χ1) is 14.0. The van der Waals surface area contributed by atoms with Gasteiger partial charge in [-0.05, 0) is 56.4 Å². The summed E-state index contributed by atoms with van der Waals surface area (Å²) in [7, 11) is 0. The van der Waals surface area contributed by atoms with Gasteiger partial charge in [-0.1, -0.05) is 5.16 Å². The van der Waals surface area contributed by atoms with Crippen LogP contribution in [0.15, 0.2) is 15.7 Å². The molecule has 0 atom stereocenters. The van der Waals surface area contributed by atoms with E-state index in [0.717, 1.165) is 41.7 Å². The van der Waals surface area contributed by atoms with E-state index in [0.29, 0.717) is 47.5 Å². The van der Waals surface area contributed by atoms with Gasteiger partial charge in [-0.15, -0.1) is 11.3 Å². The van der Waals surface area contributed by atoms with E-state index in [1.54, 1.807) is 6.92 Å². The summed E-state index contributed by atoms with van der Waals surface area (Å²) >= 11 is 1.43. The second-order valence-corrected chi connectivity index (χ2v) is 8.90. The molecule has 0 unspecified atom stereocenters. The van der Waals surface area contributed by atoms with Crippen LogP contribution < -0.4 is 5.32 Å². The van der Waals surface area contributed by atoms with Crippen molar-refractivity contribution in [2.75, 3.05) is 11.9 Å². The number of ether oxygens (including phenoxy) is 1. The quantitative estimate of drug-likeness (QED) is 0.787. The van der Waals surface area contributed by atoms with Gasteiger partial charge in [0, 0.05) is 16.0 Å².